The summed E-state index contributed by atoms with van der Waals surface area (Å²) in [4.78, 5) is 26.2. The van der Waals surface area contributed by atoms with Crippen LogP contribution < -0.4 is 5.32 Å². The fourth-order valence-corrected chi connectivity index (χ4v) is 3.37. The number of nitrogens with zero attached hydrogens (tertiary/aromatic N) is 1. The number of aromatic carboxylic acids is 1. The number of aromatic nitrogens is 1. The van der Waals surface area contributed by atoms with Gasteiger partial charge in [-0.2, -0.15) is 11.8 Å². The van der Waals surface area contributed by atoms with Crippen LogP contribution in [0.4, 0.5) is 0 Å². The van der Waals surface area contributed by atoms with Crippen molar-refractivity contribution in [2.24, 2.45) is 0 Å². The number of carboxylic acids is 1. The number of thiazole rings is 1. The molecule has 2 heterocycles. The van der Waals surface area contributed by atoms with E-state index in [-0.39, 0.29) is 22.7 Å². The predicted molar refractivity (Wildman–Crippen MR) is 66.9 cm³/mol. The third-order valence-corrected chi connectivity index (χ3v) is 4.36. The first kappa shape index (κ1) is 12.4. The van der Waals surface area contributed by atoms with Gasteiger partial charge >= 0.3 is 5.97 Å². The van der Waals surface area contributed by atoms with E-state index < -0.39 is 5.97 Å². The van der Waals surface area contributed by atoms with Crippen LogP contribution in [0.1, 0.15) is 33.1 Å². The topological polar surface area (TPSA) is 79.3 Å². The predicted octanol–water partition coefficient (Wildman–Crippen LogP) is 1.47. The molecule has 1 aliphatic rings. The molecule has 1 aromatic rings. The minimum atomic E-state index is -1.10. The van der Waals surface area contributed by atoms with Gasteiger partial charge in [-0.1, -0.05) is 0 Å². The fraction of sp³-hybridized carbons (Fsp3) is 0.500. The van der Waals surface area contributed by atoms with Crippen LogP contribution in [0.3, 0.4) is 0 Å². The van der Waals surface area contributed by atoms with Crippen molar-refractivity contribution >= 4 is 35.0 Å². The number of hydrogen-bond acceptors (Lipinski definition) is 5. The monoisotopic (exact) mass is 272 g/mol. The van der Waals surface area contributed by atoms with Crippen LogP contribution >= 0.6 is 23.1 Å². The van der Waals surface area contributed by atoms with Gasteiger partial charge in [-0.05, 0) is 24.3 Å². The summed E-state index contributed by atoms with van der Waals surface area (Å²) in [7, 11) is 0. The van der Waals surface area contributed by atoms with Gasteiger partial charge in [0.25, 0.3) is 5.91 Å². The lowest BCUT2D eigenvalue weighted by molar-refractivity contribution is 0.0691. The summed E-state index contributed by atoms with van der Waals surface area (Å²) in [6.07, 6.45) is 1.93. The average Bonchev–Trinajstić information content (AvgIpc) is 2.79. The van der Waals surface area contributed by atoms with Gasteiger partial charge in [-0.25, -0.2) is 9.78 Å². The SMILES string of the molecule is O=C(O)c1csc(C(=O)NC2CCSCC2)n1. The summed E-state index contributed by atoms with van der Waals surface area (Å²) in [5.41, 5.74) is -0.0700. The molecule has 0 aliphatic carbocycles. The Bertz CT molecular complexity index is 427. The van der Waals surface area contributed by atoms with E-state index in [1.54, 1.807) is 0 Å². The van der Waals surface area contributed by atoms with E-state index >= 15 is 0 Å². The van der Waals surface area contributed by atoms with E-state index in [9.17, 15) is 9.59 Å². The average molecular weight is 272 g/mol. The minimum Gasteiger partial charge on any atom is -0.476 e. The smallest absolute Gasteiger partial charge is 0.355 e. The molecule has 1 aliphatic heterocycles. The van der Waals surface area contributed by atoms with Crippen molar-refractivity contribution in [1.29, 1.82) is 0 Å². The van der Waals surface area contributed by atoms with Crippen LogP contribution in [0, 0.1) is 0 Å². The molecule has 17 heavy (non-hydrogen) atoms. The second-order valence-electron chi connectivity index (χ2n) is 3.70. The number of carbonyl (C=O) groups is 2. The van der Waals surface area contributed by atoms with Crippen molar-refractivity contribution < 1.29 is 14.7 Å². The minimum absolute atomic E-state index is 0.0700. The van der Waals surface area contributed by atoms with E-state index in [0.29, 0.717) is 0 Å². The highest BCUT2D eigenvalue weighted by Gasteiger charge is 2.19. The van der Waals surface area contributed by atoms with Crippen molar-refractivity contribution in [2.75, 3.05) is 11.5 Å². The molecule has 0 spiro atoms. The Morgan fingerprint density at radius 2 is 2.12 bits per heavy atom. The normalized spacial score (nSPS) is 16.7. The number of carboxylic acid groups (broad SMARTS) is 1. The Labute approximate surface area is 107 Å². The molecule has 0 radical (unpaired) electrons. The molecule has 2 rings (SSSR count). The van der Waals surface area contributed by atoms with Crippen molar-refractivity contribution in [2.45, 2.75) is 18.9 Å². The number of rotatable bonds is 3. The Kier molecular flexibility index (Phi) is 4.01. The van der Waals surface area contributed by atoms with Crippen LogP contribution in [0.2, 0.25) is 0 Å². The maximum absolute atomic E-state index is 11.8. The summed E-state index contributed by atoms with van der Waals surface area (Å²) in [5.74, 6) is 0.751. The summed E-state index contributed by atoms with van der Waals surface area (Å²) in [6.45, 7) is 0. The highest BCUT2D eigenvalue weighted by Crippen LogP contribution is 2.18. The molecule has 0 aromatic carbocycles. The first-order valence-electron chi connectivity index (χ1n) is 5.24. The number of nitrogens with one attached hydrogen (secondary N) is 1. The van der Waals surface area contributed by atoms with Crippen LogP contribution in [-0.2, 0) is 0 Å². The zero-order valence-corrected chi connectivity index (χ0v) is 10.6. The third kappa shape index (κ3) is 3.19. The third-order valence-electron chi connectivity index (χ3n) is 2.47. The molecule has 0 bridgehead atoms. The van der Waals surface area contributed by atoms with Crippen LogP contribution in [0.25, 0.3) is 0 Å². The molecule has 1 amide bonds. The van der Waals surface area contributed by atoms with Crippen LogP contribution in [0.15, 0.2) is 5.38 Å². The molecule has 7 heteroatoms. The first-order chi connectivity index (χ1) is 8.16. The molecule has 2 N–H and O–H groups in total. The van der Waals surface area contributed by atoms with E-state index in [4.69, 9.17) is 5.11 Å². The molecule has 1 aromatic heterocycles. The first-order valence-corrected chi connectivity index (χ1v) is 7.27. The Hall–Kier alpha value is -1.08. The molecule has 92 valence electrons. The molecule has 5 nitrogen and oxygen atoms in total. The summed E-state index contributed by atoms with van der Waals surface area (Å²) in [5, 5.41) is 13.2. The van der Waals surface area contributed by atoms with Crippen molar-refractivity contribution in [1.82, 2.24) is 10.3 Å². The zero-order chi connectivity index (χ0) is 12.3. The Morgan fingerprint density at radius 1 is 1.41 bits per heavy atom. The number of carbonyl (C=O) groups excluding carboxylic acids is 1. The van der Waals surface area contributed by atoms with Crippen LogP contribution in [0.5, 0.6) is 0 Å². The van der Waals surface area contributed by atoms with Gasteiger partial charge in [0.05, 0.1) is 0 Å². The van der Waals surface area contributed by atoms with Gasteiger partial charge < -0.3 is 10.4 Å². The maximum atomic E-state index is 11.8. The Balaban J connectivity index is 1.96. The molecule has 0 unspecified atom stereocenters. The van der Waals surface area contributed by atoms with Gasteiger partial charge in [0.1, 0.15) is 0 Å². The fourth-order valence-electron chi connectivity index (χ4n) is 1.57. The molecule has 1 fully saturated rings. The summed E-state index contributed by atoms with van der Waals surface area (Å²) in [6, 6.07) is 0.195. The largest absolute Gasteiger partial charge is 0.476 e. The second kappa shape index (κ2) is 5.50. The van der Waals surface area contributed by atoms with E-state index in [0.717, 1.165) is 35.7 Å². The quantitative estimate of drug-likeness (QED) is 0.871. The lowest BCUT2D eigenvalue weighted by Crippen LogP contribution is -2.37. The summed E-state index contributed by atoms with van der Waals surface area (Å²) < 4.78 is 0. The zero-order valence-electron chi connectivity index (χ0n) is 9.01. The number of thioether (sulfide) groups is 1. The van der Waals surface area contributed by atoms with E-state index in [1.165, 1.54) is 5.38 Å². The summed E-state index contributed by atoms with van der Waals surface area (Å²) >= 11 is 2.95. The lowest BCUT2D eigenvalue weighted by atomic mass is 10.1. The van der Waals surface area contributed by atoms with E-state index in [2.05, 4.69) is 10.3 Å². The maximum Gasteiger partial charge on any atom is 0.355 e. The second-order valence-corrected chi connectivity index (χ2v) is 5.79. The highest BCUT2D eigenvalue weighted by atomic mass is 32.2. The van der Waals surface area contributed by atoms with Crippen LogP contribution in [-0.4, -0.2) is 39.5 Å². The molecule has 0 atom stereocenters. The van der Waals surface area contributed by atoms with Crippen molar-refractivity contribution in [3.8, 4) is 0 Å². The lowest BCUT2D eigenvalue weighted by Gasteiger charge is -2.21. The van der Waals surface area contributed by atoms with Gasteiger partial charge in [0.2, 0.25) is 0 Å². The number of amides is 1. The highest BCUT2D eigenvalue weighted by molar-refractivity contribution is 7.99. The van der Waals surface area contributed by atoms with Gasteiger partial charge in [0, 0.05) is 11.4 Å². The standard InChI is InChI=1S/C10H12N2O3S2/c13-8(11-6-1-3-16-4-2-6)9-12-7(5-17-9)10(14)15/h5-6H,1-4H2,(H,11,13)(H,14,15). The van der Waals surface area contributed by atoms with Gasteiger partial charge in [-0.15, -0.1) is 11.3 Å². The molecular formula is C10H12N2O3S2. The Morgan fingerprint density at radius 3 is 2.71 bits per heavy atom. The molecular weight excluding hydrogens is 260 g/mol. The van der Waals surface area contributed by atoms with Gasteiger partial charge in [0.15, 0.2) is 10.7 Å². The van der Waals surface area contributed by atoms with Gasteiger partial charge in [-0.3, -0.25) is 4.79 Å². The number of hydrogen-bond donors (Lipinski definition) is 2. The van der Waals surface area contributed by atoms with Crippen molar-refractivity contribution in [3.63, 3.8) is 0 Å². The van der Waals surface area contributed by atoms with E-state index in [1.807, 2.05) is 11.8 Å². The van der Waals surface area contributed by atoms with Crippen molar-refractivity contribution in [3.05, 3.63) is 16.1 Å². The molecule has 0 saturated carbocycles. The molecule has 1 saturated heterocycles.